The van der Waals surface area contributed by atoms with Crippen LogP contribution < -0.4 is 5.32 Å². The van der Waals surface area contributed by atoms with Crippen LogP contribution in [0, 0.1) is 5.82 Å². The van der Waals surface area contributed by atoms with Crippen LogP contribution in [0.3, 0.4) is 0 Å². The van der Waals surface area contributed by atoms with Crippen LogP contribution in [0.5, 0.6) is 0 Å². The molecule has 0 aliphatic rings. The first-order valence-corrected chi connectivity index (χ1v) is 7.22. The molecule has 1 unspecified atom stereocenters. The van der Waals surface area contributed by atoms with Crippen LogP contribution in [0.2, 0.25) is 0 Å². The van der Waals surface area contributed by atoms with Crippen LogP contribution in [0.25, 0.3) is 0 Å². The van der Waals surface area contributed by atoms with E-state index in [4.69, 9.17) is 0 Å². The predicted molar refractivity (Wildman–Crippen MR) is 79.2 cm³/mol. The number of rotatable bonds is 7. The van der Waals surface area contributed by atoms with E-state index in [2.05, 4.69) is 41.7 Å². The molecular weight excluding hydrogens is 293 g/mol. The van der Waals surface area contributed by atoms with Crippen LogP contribution in [0.15, 0.2) is 34.8 Å². The maximum Gasteiger partial charge on any atom is 0.124 e. The van der Waals surface area contributed by atoms with Crippen molar-refractivity contribution in [2.75, 3.05) is 6.54 Å². The van der Waals surface area contributed by atoms with Gasteiger partial charge in [0.05, 0.1) is 0 Å². The van der Waals surface area contributed by atoms with Gasteiger partial charge in [-0.15, -0.1) is 0 Å². The highest BCUT2D eigenvalue weighted by atomic mass is 79.9. The topological polar surface area (TPSA) is 12.0 Å². The van der Waals surface area contributed by atoms with Gasteiger partial charge in [-0.3, -0.25) is 0 Å². The van der Waals surface area contributed by atoms with Crippen molar-refractivity contribution in [3.05, 3.63) is 46.2 Å². The van der Waals surface area contributed by atoms with Crippen molar-refractivity contribution in [1.29, 1.82) is 0 Å². The minimum absolute atomic E-state index is 0.201. The van der Waals surface area contributed by atoms with Crippen LogP contribution in [-0.4, -0.2) is 6.54 Å². The van der Waals surface area contributed by atoms with Crippen molar-refractivity contribution in [3.8, 4) is 0 Å². The zero-order valence-electron chi connectivity index (χ0n) is 11.1. The molecule has 3 heteroatoms. The fraction of sp³-hybridized carbons (Fsp3) is 0.467. The Balaban J connectivity index is 2.89. The first kappa shape index (κ1) is 15.4. The summed E-state index contributed by atoms with van der Waals surface area (Å²) in [7, 11) is 0. The normalized spacial score (nSPS) is 12.4. The Kier molecular flexibility index (Phi) is 6.58. The molecule has 0 aromatic heterocycles. The maximum atomic E-state index is 13.1. The van der Waals surface area contributed by atoms with Gasteiger partial charge in [-0.2, -0.15) is 0 Å². The van der Waals surface area contributed by atoms with Crippen molar-refractivity contribution in [3.63, 3.8) is 0 Å². The van der Waals surface area contributed by atoms with Gasteiger partial charge in [0.15, 0.2) is 0 Å². The van der Waals surface area contributed by atoms with E-state index in [1.165, 1.54) is 17.7 Å². The summed E-state index contributed by atoms with van der Waals surface area (Å²) in [6, 6.07) is 5.07. The Morgan fingerprint density at radius 2 is 2.17 bits per heavy atom. The van der Waals surface area contributed by atoms with E-state index < -0.39 is 0 Å². The molecule has 0 amide bonds. The largest absolute Gasteiger partial charge is 0.310 e. The van der Waals surface area contributed by atoms with E-state index in [0.29, 0.717) is 0 Å². The Labute approximate surface area is 118 Å². The van der Waals surface area contributed by atoms with E-state index in [9.17, 15) is 4.39 Å². The molecule has 0 bridgehead atoms. The lowest BCUT2D eigenvalue weighted by molar-refractivity contribution is 0.520. The van der Waals surface area contributed by atoms with Gasteiger partial charge in [-0.1, -0.05) is 48.0 Å². The van der Waals surface area contributed by atoms with Crippen molar-refractivity contribution < 1.29 is 4.39 Å². The third kappa shape index (κ3) is 4.54. The Morgan fingerprint density at radius 3 is 2.72 bits per heavy atom. The second-order valence-electron chi connectivity index (χ2n) is 4.48. The lowest BCUT2D eigenvalue weighted by Gasteiger charge is -2.21. The second-order valence-corrected chi connectivity index (χ2v) is 5.33. The Bertz CT molecular complexity index is 403. The van der Waals surface area contributed by atoms with Crippen LogP contribution >= 0.6 is 15.9 Å². The summed E-state index contributed by atoms with van der Waals surface area (Å²) < 4.78 is 13.9. The van der Waals surface area contributed by atoms with Crippen molar-refractivity contribution in [2.45, 2.75) is 39.2 Å². The van der Waals surface area contributed by atoms with E-state index >= 15 is 0 Å². The summed E-state index contributed by atoms with van der Waals surface area (Å²) in [5, 5.41) is 3.50. The van der Waals surface area contributed by atoms with Crippen molar-refractivity contribution in [2.24, 2.45) is 0 Å². The molecule has 0 heterocycles. The number of benzene rings is 1. The van der Waals surface area contributed by atoms with E-state index in [1.54, 1.807) is 0 Å². The molecule has 1 atom stereocenters. The molecule has 0 radical (unpaired) electrons. The highest BCUT2D eigenvalue weighted by Crippen LogP contribution is 2.29. The van der Waals surface area contributed by atoms with Gasteiger partial charge in [-0.25, -0.2) is 4.39 Å². The van der Waals surface area contributed by atoms with E-state index in [-0.39, 0.29) is 11.9 Å². The van der Waals surface area contributed by atoms with Gasteiger partial charge in [0.2, 0.25) is 0 Å². The molecule has 1 nitrogen and oxygen atoms in total. The highest BCUT2D eigenvalue weighted by molar-refractivity contribution is 9.10. The zero-order valence-corrected chi connectivity index (χ0v) is 12.7. The molecule has 18 heavy (non-hydrogen) atoms. The molecule has 0 aliphatic carbocycles. The molecule has 0 spiro atoms. The lowest BCUT2D eigenvalue weighted by Crippen LogP contribution is -2.23. The van der Waals surface area contributed by atoms with Gasteiger partial charge >= 0.3 is 0 Å². The first-order chi connectivity index (χ1) is 8.58. The van der Waals surface area contributed by atoms with Crippen LogP contribution in [0.1, 0.15) is 44.7 Å². The first-order valence-electron chi connectivity index (χ1n) is 6.43. The summed E-state index contributed by atoms with van der Waals surface area (Å²) in [4.78, 5) is 0. The SMILES string of the molecule is C=C(CC)CC(NCCC)c1ccc(F)cc1Br. The quantitative estimate of drug-likeness (QED) is 0.700. The minimum atomic E-state index is -0.214. The summed E-state index contributed by atoms with van der Waals surface area (Å²) >= 11 is 3.44. The van der Waals surface area contributed by atoms with Gasteiger partial charge in [0.25, 0.3) is 0 Å². The molecule has 100 valence electrons. The summed E-state index contributed by atoms with van der Waals surface area (Å²) in [6.45, 7) is 9.26. The van der Waals surface area contributed by atoms with Gasteiger partial charge in [0.1, 0.15) is 5.82 Å². The highest BCUT2D eigenvalue weighted by Gasteiger charge is 2.15. The van der Waals surface area contributed by atoms with E-state index in [1.807, 2.05) is 6.07 Å². The Morgan fingerprint density at radius 1 is 1.44 bits per heavy atom. The van der Waals surface area contributed by atoms with Crippen molar-refractivity contribution in [1.82, 2.24) is 5.32 Å². The number of hydrogen-bond acceptors (Lipinski definition) is 1. The number of hydrogen-bond donors (Lipinski definition) is 1. The van der Waals surface area contributed by atoms with Gasteiger partial charge in [0, 0.05) is 10.5 Å². The minimum Gasteiger partial charge on any atom is -0.310 e. The zero-order chi connectivity index (χ0) is 13.5. The average molecular weight is 314 g/mol. The van der Waals surface area contributed by atoms with Gasteiger partial charge < -0.3 is 5.32 Å². The molecule has 1 rings (SSSR count). The molecular formula is C15H21BrFN. The predicted octanol–water partition coefficient (Wildman–Crippen LogP) is 4.99. The molecule has 0 saturated heterocycles. The average Bonchev–Trinajstić information content (AvgIpc) is 2.34. The fourth-order valence-electron chi connectivity index (χ4n) is 1.83. The Hall–Kier alpha value is -0.670. The molecule has 0 fully saturated rings. The lowest BCUT2D eigenvalue weighted by atomic mass is 9.98. The summed E-state index contributed by atoms with van der Waals surface area (Å²) in [5.74, 6) is -0.214. The van der Waals surface area contributed by atoms with E-state index in [0.717, 1.165) is 35.8 Å². The third-order valence-corrected chi connectivity index (χ3v) is 3.66. The maximum absolute atomic E-state index is 13.1. The van der Waals surface area contributed by atoms with Crippen molar-refractivity contribution >= 4 is 15.9 Å². The van der Waals surface area contributed by atoms with Gasteiger partial charge in [-0.05, 0) is 43.5 Å². The third-order valence-electron chi connectivity index (χ3n) is 2.97. The summed E-state index contributed by atoms with van der Waals surface area (Å²) in [5.41, 5.74) is 2.30. The molecule has 1 N–H and O–H groups in total. The summed E-state index contributed by atoms with van der Waals surface area (Å²) in [6.07, 6.45) is 2.94. The smallest absolute Gasteiger partial charge is 0.124 e. The number of nitrogens with one attached hydrogen (secondary N) is 1. The molecule has 1 aromatic rings. The molecule has 0 saturated carbocycles. The van der Waals surface area contributed by atoms with Crippen LogP contribution in [0.4, 0.5) is 4.39 Å². The standard InChI is InChI=1S/C15H21BrFN/c1-4-8-18-15(9-11(3)5-2)13-7-6-12(17)10-14(13)16/h6-7,10,15,18H,3-5,8-9H2,1-2H3. The number of halogens is 2. The molecule has 1 aromatic carbocycles. The second kappa shape index (κ2) is 7.70. The monoisotopic (exact) mass is 313 g/mol. The molecule has 0 aliphatic heterocycles. The fourth-order valence-corrected chi connectivity index (χ4v) is 2.45. The van der Waals surface area contributed by atoms with Crippen LogP contribution in [-0.2, 0) is 0 Å².